The zero-order valence-electron chi connectivity index (χ0n) is 17.7. The minimum Gasteiger partial charge on any atom is -0.491 e. The van der Waals surface area contributed by atoms with Crippen LogP contribution in [0.4, 0.5) is 0 Å². The normalized spacial score (nSPS) is 11.7. The Hall–Kier alpha value is -1.18. The van der Waals surface area contributed by atoms with E-state index in [2.05, 4.69) is 6.07 Å². The largest absolute Gasteiger partial charge is 0.491 e. The van der Waals surface area contributed by atoms with Gasteiger partial charge in [-0.05, 0) is 77.6 Å². The summed E-state index contributed by atoms with van der Waals surface area (Å²) in [4.78, 5) is 20.7. The minimum absolute atomic E-state index is 0.0503. The molecule has 27 heavy (non-hydrogen) atoms. The van der Waals surface area contributed by atoms with Crippen LogP contribution >= 0.6 is 0 Å². The van der Waals surface area contributed by atoms with Crippen LogP contribution in [-0.2, 0) is 37.1 Å². The van der Waals surface area contributed by atoms with Crippen molar-refractivity contribution in [1.29, 1.82) is 0 Å². The highest BCUT2D eigenvalue weighted by Gasteiger charge is 2.05. The molecule has 0 aliphatic rings. The van der Waals surface area contributed by atoms with Gasteiger partial charge in [0.25, 0.3) is 0 Å². The fourth-order valence-corrected chi connectivity index (χ4v) is 2.23. The van der Waals surface area contributed by atoms with Crippen molar-refractivity contribution >= 4 is 0 Å². The Morgan fingerprint density at radius 1 is 0.630 bits per heavy atom. The van der Waals surface area contributed by atoms with E-state index in [0.717, 1.165) is 29.7 Å². The van der Waals surface area contributed by atoms with E-state index in [1.807, 2.05) is 53.7 Å². The van der Waals surface area contributed by atoms with Gasteiger partial charge in [-0.25, -0.2) is 19.6 Å². The van der Waals surface area contributed by atoms with Crippen LogP contribution in [0.5, 0.6) is 5.75 Å². The molecule has 0 saturated heterocycles. The van der Waals surface area contributed by atoms with E-state index in [1.165, 1.54) is 0 Å². The van der Waals surface area contributed by atoms with Gasteiger partial charge < -0.3 is 9.47 Å². The zero-order valence-corrected chi connectivity index (χ0v) is 17.7. The molecule has 0 saturated carbocycles. The van der Waals surface area contributed by atoms with Crippen molar-refractivity contribution in [3.63, 3.8) is 0 Å². The van der Waals surface area contributed by atoms with Crippen molar-refractivity contribution in [2.75, 3.05) is 26.4 Å². The molecule has 1 rings (SSSR count). The Morgan fingerprint density at radius 2 is 1.15 bits per heavy atom. The molecule has 0 heterocycles. The molecule has 6 nitrogen and oxygen atoms in total. The van der Waals surface area contributed by atoms with Gasteiger partial charge in [0.2, 0.25) is 0 Å². The molecular formula is C21H36O6. The van der Waals surface area contributed by atoms with Crippen molar-refractivity contribution in [2.24, 2.45) is 0 Å². The van der Waals surface area contributed by atoms with Gasteiger partial charge in [0.1, 0.15) is 12.4 Å². The summed E-state index contributed by atoms with van der Waals surface area (Å²) in [6, 6.07) is 6.20. The van der Waals surface area contributed by atoms with E-state index >= 15 is 0 Å². The Labute approximate surface area is 163 Å². The maximum atomic E-state index is 5.86. The Kier molecular flexibility index (Phi) is 12.3. The number of ether oxygens (including phenoxy) is 2. The summed E-state index contributed by atoms with van der Waals surface area (Å²) in [7, 11) is 0. The molecule has 0 aliphatic heterocycles. The molecule has 0 spiro atoms. The Morgan fingerprint density at radius 3 is 1.59 bits per heavy atom. The topological polar surface area (TPSA) is 55.4 Å². The van der Waals surface area contributed by atoms with E-state index in [4.69, 9.17) is 29.0 Å². The zero-order chi connectivity index (χ0) is 20.1. The molecule has 0 N–H and O–H groups in total. The molecule has 6 heteroatoms. The highest BCUT2D eigenvalue weighted by Crippen LogP contribution is 2.19. The van der Waals surface area contributed by atoms with Crippen molar-refractivity contribution < 1.29 is 29.0 Å². The summed E-state index contributed by atoms with van der Waals surface area (Å²) < 4.78 is 11.4. The molecule has 0 amide bonds. The first-order valence-corrected chi connectivity index (χ1v) is 9.80. The molecule has 156 valence electrons. The predicted molar refractivity (Wildman–Crippen MR) is 105 cm³/mol. The molecule has 1 aromatic carbocycles. The monoisotopic (exact) mass is 384 g/mol. The molecule has 0 atom stereocenters. The number of benzene rings is 1. The van der Waals surface area contributed by atoms with Crippen molar-refractivity contribution in [3.05, 3.63) is 29.3 Å². The fourth-order valence-electron chi connectivity index (χ4n) is 2.23. The van der Waals surface area contributed by atoms with E-state index < -0.39 is 0 Å². The second kappa shape index (κ2) is 13.9. The first-order chi connectivity index (χ1) is 12.9. The summed E-state index contributed by atoms with van der Waals surface area (Å²) in [6.07, 6.45) is 1.78. The van der Waals surface area contributed by atoms with Crippen LogP contribution in [0.2, 0.25) is 0 Å². The van der Waals surface area contributed by atoms with E-state index in [0.29, 0.717) is 26.4 Å². The van der Waals surface area contributed by atoms with Gasteiger partial charge in [-0.3, -0.25) is 0 Å². The van der Waals surface area contributed by atoms with Crippen LogP contribution < -0.4 is 4.74 Å². The van der Waals surface area contributed by atoms with Crippen molar-refractivity contribution in [2.45, 2.75) is 72.7 Å². The molecular weight excluding hydrogens is 348 g/mol. The van der Waals surface area contributed by atoms with Crippen LogP contribution in [0, 0.1) is 0 Å². The molecule has 0 bridgehead atoms. The quantitative estimate of drug-likeness (QED) is 0.255. The van der Waals surface area contributed by atoms with E-state index in [-0.39, 0.29) is 18.3 Å². The smallest absolute Gasteiger partial charge is 0.119 e. The third-order valence-corrected chi connectivity index (χ3v) is 3.30. The van der Waals surface area contributed by atoms with Gasteiger partial charge in [-0.1, -0.05) is 6.07 Å². The first kappa shape index (κ1) is 23.9. The lowest BCUT2D eigenvalue weighted by Gasteiger charge is -2.13. The van der Waals surface area contributed by atoms with Crippen molar-refractivity contribution in [1.82, 2.24) is 0 Å². The standard InChI is InChI=1S/C21H36O6/c1-16(2)22-11-12-23-21-14-19(7-9-24-26-17(3)4)13-20(15-21)8-10-25-27-18(5)6/h13-18H,7-12H2,1-6H3. The van der Waals surface area contributed by atoms with Crippen molar-refractivity contribution in [3.8, 4) is 5.75 Å². The SMILES string of the molecule is CC(C)OCCOc1cc(CCOOC(C)C)cc(CCOOC(C)C)c1. The predicted octanol–water partition coefficient (Wildman–Crippen LogP) is 4.29. The second-order valence-electron chi connectivity index (χ2n) is 7.19. The highest BCUT2D eigenvalue weighted by atomic mass is 17.2. The second-order valence-corrected chi connectivity index (χ2v) is 7.19. The van der Waals surface area contributed by atoms with Crippen LogP contribution in [0.1, 0.15) is 52.7 Å². The molecule has 1 aromatic rings. The fraction of sp³-hybridized carbons (Fsp3) is 0.714. The maximum absolute atomic E-state index is 5.86. The maximum Gasteiger partial charge on any atom is 0.119 e. The lowest BCUT2D eigenvalue weighted by molar-refractivity contribution is -0.316. The van der Waals surface area contributed by atoms with Crippen LogP contribution in [0.15, 0.2) is 18.2 Å². The first-order valence-electron chi connectivity index (χ1n) is 9.80. The summed E-state index contributed by atoms with van der Waals surface area (Å²) in [6.45, 7) is 13.8. The molecule has 0 aliphatic carbocycles. The van der Waals surface area contributed by atoms with Gasteiger partial charge in [-0.2, -0.15) is 0 Å². The lowest BCUT2D eigenvalue weighted by Crippen LogP contribution is -2.12. The summed E-state index contributed by atoms with van der Waals surface area (Å²) >= 11 is 0. The van der Waals surface area contributed by atoms with E-state index in [1.54, 1.807) is 0 Å². The van der Waals surface area contributed by atoms with Gasteiger partial charge >= 0.3 is 0 Å². The molecule has 0 radical (unpaired) electrons. The highest BCUT2D eigenvalue weighted by molar-refractivity contribution is 5.35. The summed E-state index contributed by atoms with van der Waals surface area (Å²) in [5, 5.41) is 0. The summed E-state index contributed by atoms with van der Waals surface area (Å²) in [5.41, 5.74) is 2.26. The third kappa shape index (κ3) is 12.8. The Bertz CT molecular complexity index is 418. The van der Waals surface area contributed by atoms with Crippen LogP contribution in [0.25, 0.3) is 0 Å². The molecule has 0 aromatic heterocycles. The van der Waals surface area contributed by atoms with Gasteiger partial charge in [-0.15, -0.1) is 0 Å². The van der Waals surface area contributed by atoms with Gasteiger partial charge in [0.05, 0.1) is 38.1 Å². The Balaban J connectivity index is 2.60. The number of hydrogen-bond donors (Lipinski definition) is 0. The van der Waals surface area contributed by atoms with Gasteiger partial charge in [0, 0.05) is 0 Å². The average molecular weight is 385 g/mol. The number of hydrogen-bond acceptors (Lipinski definition) is 6. The minimum atomic E-state index is 0.0503. The van der Waals surface area contributed by atoms with E-state index in [9.17, 15) is 0 Å². The van der Waals surface area contributed by atoms with Gasteiger partial charge in [0.15, 0.2) is 0 Å². The van der Waals surface area contributed by atoms with Crippen LogP contribution in [0.3, 0.4) is 0 Å². The third-order valence-electron chi connectivity index (χ3n) is 3.30. The number of rotatable bonds is 15. The average Bonchev–Trinajstić information content (AvgIpc) is 2.59. The summed E-state index contributed by atoms with van der Waals surface area (Å²) in [5.74, 6) is 0.824. The van der Waals surface area contributed by atoms with Crippen LogP contribution in [-0.4, -0.2) is 44.7 Å². The molecule has 0 fully saturated rings. The lowest BCUT2D eigenvalue weighted by atomic mass is 10.1. The molecule has 0 unspecified atom stereocenters.